The van der Waals surface area contributed by atoms with E-state index in [1.165, 1.54) is 28.5 Å². The summed E-state index contributed by atoms with van der Waals surface area (Å²) in [5, 5.41) is 2.63. The summed E-state index contributed by atoms with van der Waals surface area (Å²) in [5.41, 5.74) is 7.08. The molecule has 0 aliphatic carbocycles. The number of nitrogens with one attached hydrogen (secondary N) is 1. The summed E-state index contributed by atoms with van der Waals surface area (Å²) in [5.74, 6) is 0. The maximum Gasteiger partial charge on any atom is 0.0519 e. The van der Waals surface area contributed by atoms with E-state index in [2.05, 4.69) is 33.9 Å². The van der Waals surface area contributed by atoms with Gasteiger partial charge in [-0.25, -0.2) is 0 Å². The molecule has 0 bridgehead atoms. The lowest BCUT2D eigenvalue weighted by Gasteiger charge is -2.14. The Morgan fingerprint density at radius 3 is 2.48 bits per heavy atom. The monoisotopic (exact) mass is 366 g/mol. The third-order valence-corrected chi connectivity index (χ3v) is 5.72. The Labute approximate surface area is 156 Å². The highest BCUT2D eigenvalue weighted by Gasteiger charge is 2.20. The number of rotatable bonds is 2. The van der Waals surface area contributed by atoms with Crippen LogP contribution in [0.1, 0.15) is 12.0 Å². The van der Waals surface area contributed by atoms with Crippen molar-refractivity contribution in [1.82, 2.24) is 9.55 Å². The number of aromatic nitrogens is 2. The quantitative estimate of drug-likeness (QED) is 0.414. The van der Waals surface area contributed by atoms with Crippen molar-refractivity contribution < 1.29 is 0 Å². The lowest BCUT2D eigenvalue weighted by molar-refractivity contribution is 0.636. The Kier molecular flexibility index (Phi) is 3.44. The van der Waals surface area contributed by atoms with Crippen LogP contribution in [0.3, 0.4) is 0 Å². The zero-order valence-electron chi connectivity index (χ0n) is 13.5. The van der Waals surface area contributed by atoms with Crippen LogP contribution in [0.25, 0.3) is 33.2 Å². The molecule has 2 nitrogen and oxygen atoms in total. The molecule has 0 radical (unpaired) electrons. The van der Waals surface area contributed by atoms with Gasteiger partial charge >= 0.3 is 0 Å². The summed E-state index contributed by atoms with van der Waals surface area (Å²) in [6.07, 6.45) is 8.63. The number of H-pyrrole nitrogens is 1. The second kappa shape index (κ2) is 5.69. The third-order valence-electron chi connectivity index (χ3n) is 5.09. The number of aromatic amines is 1. The van der Waals surface area contributed by atoms with Crippen LogP contribution in [0.15, 0.2) is 55.0 Å². The zero-order valence-corrected chi connectivity index (χ0v) is 15.0. The fourth-order valence-corrected chi connectivity index (χ4v) is 4.62. The van der Waals surface area contributed by atoms with Crippen molar-refractivity contribution in [2.45, 2.75) is 19.4 Å². The van der Waals surface area contributed by atoms with Gasteiger partial charge in [-0.2, -0.15) is 0 Å². The summed E-state index contributed by atoms with van der Waals surface area (Å²) >= 11 is 12.9. The van der Waals surface area contributed by atoms with E-state index in [1.54, 1.807) is 0 Å². The molecule has 0 saturated heterocycles. The SMILES string of the molecule is Clc1cccc(Cl)c1-c1c[nH]cc1-c1cn2c3c(cccc13)CCC2. The van der Waals surface area contributed by atoms with Crippen LogP contribution < -0.4 is 0 Å². The normalized spacial score (nSPS) is 13.5. The summed E-state index contributed by atoms with van der Waals surface area (Å²) in [4.78, 5) is 3.25. The van der Waals surface area contributed by atoms with Crippen molar-refractivity contribution >= 4 is 34.1 Å². The first-order chi connectivity index (χ1) is 12.2. The van der Waals surface area contributed by atoms with E-state index >= 15 is 0 Å². The number of hydrogen-bond donors (Lipinski definition) is 1. The van der Waals surface area contributed by atoms with Gasteiger partial charge in [-0.05, 0) is 30.5 Å². The summed E-state index contributed by atoms with van der Waals surface area (Å²) < 4.78 is 2.38. The molecule has 124 valence electrons. The van der Waals surface area contributed by atoms with Crippen LogP contribution in [0.4, 0.5) is 0 Å². The van der Waals surface area contributed by atoms with E-state index in [9.17, 15) is 0 Å². The minimum atomic E-state index is 0.669. The molecule has 0 amide bonds. The van der Waals surface area contributed by atoms with Crippen LogP contribution in [0.2, 0.25) is 10.0 Å². The average molecular weight is 367 g/mol. The van der Waals surface area contributed by atoms with E-state index < -0.39 is 0 Å². The minimum Gasteiger partial charge on any atom is -0.366 e. The molecular formula is C21H16Cl2N2. The van der Waals surface area contributed by atoms with E-state index in [4.69, 9.17) is 23.2 Å². The number of halogens is 2. The highest BCUT2D eigenvalue weighted by molar-refractivity contribution is 6.39. The van der Waals surface area contributed by atoms with Gasteiger partial charge in [0.2, 0.25) is 0 Å². The van der Waals surface area contributed by atoms with Gasteiger partial charge in [0.25, 0.3) is 0 Å². The van der Waals surface area contributed by atoms with Crippen LogP contribution in [0, 0.1) is 0 Å². The first kappa shape index (κ1) is 15.1. The van der Waals surface area contributed by atoms with Crippen molar-refractivity contribution in [3.63, 3.8) is 0 Å². The molecule has 0 unspecified atom stereocenters. The second-order valence-electron chi connectivity index (χ2n) is 6.53. The summed E-state index contributed by atoms with van der Waals surface area (Å²) in [6.45, 7) is 1.07. The standard InChI is InChI=1S/C21H16Cl2N2/c22-18-7-2-8-19(23)20(18)16-11-24-10-15(16)17-12-25-9-3-5-13-4-1-6-14(17)21(13)25/h1-2,4,6-8,10-12,24H,3,5,9H2. The topological polar surface area (TPSA) is 20.7 Å². The number of aryl methyl sites for hydroxylation is 2. The summed E-state index contributed by atoms with van der Waals surface area (Å²) in [7, 11) is 0. The number of para-hydroxylation sites is 1. The van der Waals surface area contributed by atoms with E-state index in [0.717, 1.165) is 29.7 Å². The maximum absolute atomic E-state index is 6.46. The van der Waals surface area contributed by atoms with E-state index in [0.29, 0.717) is 10.0 Å². The lowest BCUT2D eigenvalue weighted by Crippen LogP contribution is -2.05. The molecule has 2 aromatic heterocycles. The number of benzene rings is 2. The Balaban J connectivity index is 1.79. The predicted molar refractivity (Wildman–Crippen MR) is 106 cm³/mol. The van der Waals surface area contributed by atoms with Gasteiger partial charge in [-0.1, -0.05) is 47.5 Å². The Bertz CT molecular complexity index is 1080. The molecule has 25 heavy (non-hydrogen) atoms. The molecular weight excluding hydrogens is 351 g/mol. The smallest absolute Gasteiger partial charge is 0.0519 e. The third kappa shape index (κ3) is 2.25. The molecule has 0 spiro atoms. The maximum atomic E-state index is 6.46. The van der Waals surface area contributed by atoms with E-state index in [1.807, 2.05) is 30.6 Å². The lowest BCUT2D eigenvalue weighted by atomic mass is 9.97. The zero-order chi connectivity index (χ0) is 17.0. The molecule has 4 aromatic rings. The number of nitrogens with zero attached hydrogens (tertiary/aromatic N) is 1. The largest absolute Gasteiger partial charge is 0.366 e. The Morgan fingerprint density at radius 1 is 0.880 bits per heavy atom. The fraction of sp³-hybridized carbons (Fsp3) is 0.143. The molecule has 1 aliphatic heterocycles. The van der Waals surface area contributed by atoms with Crippen molar-refractivity contribution in [3.05, 3.63) is 70.6 Å². The van der Waals surface area contributed by atoms with Crippen LogP contribution in [-0.4, -0.2) is 9.55 Å². The Morgan fingerprint density at radius 2 is 1.64 bits per heavy atom. The van der Waals surface area contributed by atoms with Crippen molar-refractivity contribution in [1.29, 1.82) is 0 Å². The van der Waals surface area contributed by atoms with Gasteiger partial charge in [0.15, 0.2) is 0 Å². The number of hydrogen-bond acceptors (Lipinski definition) is 0. The molecule has 1 N–H and O–H groups in total. The molecule has 4 heteroatoms. The molecule has 0 fully saturated rings. The molecule has 5 rings (SSSR count). The van der Waals surface area contributed by atoms with Gasteiger partial charge in [0.05, 0.1) is 5.52 Å². The first-order valence-corrected chi connectivity index (χ1v) is 9.22. The molecule has 1 aliphatic rings. The van der Waals surface area contributed by atoms with Crippen LogP contribution in [-0.2, 0) is 13.0 Å². The molecule has 2 aromatic carbocycles. The molecule has 0 atom stereocenters. The highest BCUT2D eigenvalue weighted by atomic mass is 35.5. The van der Waals surface area contributed by atoms with Gasteiger partial charge in [-0.3, -0.25) is 0 Å². The van der Waals surface area contributed by atoms with Crippen molar-refractivity contribution in [2.75, 3.05) is 0 Å². The van der Waals surface area contributed by atoms with Crippen molar-refractivity contribution in [3.8, 4) is 22.3 Å². The van der Waals surface area contributed by atoms with Gasteiger partial charge in [0, 0.05) is 62.8 Å². The minimum absolute atomic E-state index is 0.669. The van der Waals surface area contributed by atoms with Gasteiger partial charge < -0.3 is 9.55 Å². The molecule has 3 heterocycles. The van der Waals surface area contributed by atoms with E-state index in [-0.39, 0.29) is 0 Å². The molecule has 0 saturated carbocycles. The highest BCUT2D eigenvalue weighted by Crippen LogP contribution is 2.43. The fourth-order valence-electron chi connectivity index (χ4n) is 4.02. The van der Waals surface area contributed by atoms with Crippen LogP contribution >= 0.6 is 23.2 Å². The van der Waals surface area contributed by atoms with Gasteiger partial charge in [-0.15, -0.1) is 0 Å². The Hall–Kier alpha value is -2.16. The van der Waals surface area contributed by atoms with Gasteiger partial charge in [0.1, 0.15) is 0 Å². The average Bonchev–Trinajstić information content (AvgIpc) is 3.22. The first-order valence-electron chi connectivity index (χ1n) is 8.46. The summed E-state index contributed by atoms with van der Waals surface area (Å²) in [6, 6.07) is 12.3. The van der Waals surface area contributed by atoms with Crippen LogP contribution in [0.5, 0.6) is 0 Å². The predicted octanol–water partition coefficient (Wildman–Crippen LogP) is 6.56. The second-order valence-corrected chi connectivity index (χ2v) is 7.35. The van der Waals surface area contributed by atoms with Crippen molar-refractivity contribution in [2.24, 2.45) is 0 Å².